The number of rotatable bonds is 5. The van der Waals surface area contributed by atoms with Gasteiger partial charge in [0.05, 0.1) is 10.7 Å². The van der Waals surface area contributed by atoms with Crippen LogP contribution in [-0.2, 0) is 11.4 Å². The molecule has 126 valence electrons. The van der Waals surface area contributed by atoms with Crippen molar-refractivity contribution in [2.24, 2.45) is 0 Å². The van der Waals surface area contributed by atoms with E-state index in [0.717, 1.165) is 47.9 Å². The Bertz CT molecular complexity index is 700. The van der Waals surface area contributed by atoms with E-state index in [1.165, 1.54) is 6.42 Å². The zero-order valence-corrected chi connectivity index (χ0v) is 14.7. The van der Waals surface area contributed by atoms with Crippen LogP contribution in [0, 0.1) is 6.92 Å². The summed E-state index contributed by atoms with van der Waals surface area (Å²) in [7, 11) is 0. The van der Waals surface area contributed by atoms with Gasteiger partial charge in [-0.25, -0.2) is 4.98 Å². The molecule has 0 spiro atoms. The topological polar surface area (TPSA) is 42.4 Å². The molecular weight excluding hydrogens is 320 g/mol. The number of hydrogen-bond donors (Lipinski definition) is 0. The van der Waals surface area contributed by atoms with Crippen molar-refractivity contribution < 1.29 is 9.53 Å². The Morgan fingerprint density at radius 2 is 2.00 bits per heavy atom. The zero-order chi connectivity index (χ0) is 16.8. The van der Waals surface area contributed by atoms with Gasteiger partial charge in [0.1, 0.15) is 12.4 Å². The fourth-order valence-corrected chi connectivity index (χ4v) is 3.29. The van der Waals surface area contributed by atoms with Gasteiger partial charge in [-0.1, -0.05) is 12.1 Å². The predicted octanol–water partition coefficient (Wildman–Crippen LogP) is 4.06. The van der Waals surface area contributed by atoms with Gasteiger partial charge < -0.3 is 9.64 Å². The van der Waals surface area contributed by atoms with Gasteiger partial charge in [0, 0.05) is 24.5 Å². The number of piperidine rings is 1. The van der Waals surface area contributed by atoms with Crippen LogP contribution in [0.5, 0.6) is 5.75 Å². The Balaban J connectivity index is 1.52. The first kappa shape index (κ1) is 16.7. The lowest BCUT2D eigenvalue weighted by molar-refractivity contribution is -0.126. The molecular formula is C19H22N2O2S. The first-order chi connectivity index (χ1) is 11.7. The van der Waals surface area contributed by atoms with E-state index in [-0.39, 0.29) is 5.91 Å². The molecule has 0 bridgehead atoms. The van der Waals surface area contributed by atoms with E-state index in [1.807, 2.05) is 47.5 Å². The lowest BCUT2D eigenvalue weighted by atomic mass is 10.1. The average molecular weight is 342 g/mol. The van der Waals surface area contributed by atoms with Crippen LogP contribution >= 0.6 is 11.3 Å². The highest BCUT2D eigenvalue weighted by molar-refractivity contribution is 7.09. The summed E-state index contributed by atoms with van der Waals surface area (Å²) in [6.45, 7) is 4.23. The highest BCUT2D eigenvalue weighted by atomic mass is 32.1. The lowest BCUT2D eigenvalue weighted by Crippen LogP contribution is -2.34. The van der Waals surface area contributed by atoms with Crippen molar-refractivity contribution in [2.45, 2.75) is 32.8 Å². The number of amides is 1. The predicted molar refractivity (Wildman–Crippen MR) is 97.1 cm³/mol. The Kier molecular flexibility index (Phi) is 5.64. The van der Waals surface area contributed by atoms with Crippen molar-refractivity contribution in [3.05, 3.63) is 52.0 Å². The van der Waals surface area contributed by atoms with Crippen LogP contribution in [0.3, 0.4) is 0 Å². The first-order valence-corrected chi connectivity index (χ1v) is 9.19. The molecule has 1 aromatic carbocycles. The minimum Gasteiger partial charge on any atom is -0.487 e. The number of nitrogens with zero attached hydrogens (tertiary/aromatic N) is 2. The summed E-state index contributed by atoms with van der Waals surface area (Å²) in [6, 6.07) is 7.76. The highest BCUT2D eigenvalue weighted by Crippen LogP contribution is 2.16. The van der Waals surface area contributed by atoms with Crippen LogP contribution in [0.15, 0.2) is 35.7 Å². The molecule has 2 heterocycles. The molecule has 2 aromatic rings. The first-order valence-electron chi connectivity index (χ1n) is 8.31. The summed E-state index contributed by atoms with van der Waals surface area (Å²) in [6.07, 6.45) is 6.99. The number of likely N-dealkylation sites (tertiary alicyclic amines) is 1. The minimum absolute atomic E-state index is 0.105. The molecule has 1 aromatic heterocycles. The molecule has 0 aliphatic carbocycles. The third-order valence-corrected chi connectivity index (χ3v) is 4.84. The average Bonchev–Trinajstić information content (AvgIpc) is 3.05. The number of ether oxygens (including phenoxy) is 1. The van der Waals surface area contributed by atoms with Gasteiger partial charge in [0.15, 0.2) is 0 Å². The molecule has 0 radical (unpaired) electrons. The van der Waals surface area contributed by atoms with E-state index in [4.69, 9.17) is 4.74 Å². The smallest absolute Gasteiger partial charge is 0.246 e. The fourth-order valence-electron chi connectivity index (χ4n) is 2.69. The molecule has 1 aliphatic heterocycles. The van der Waals surface area contributed by atoms with Crippen LogP contribution in [-0.4, -0.2) is 28.9 Å². The van der Waals surface area contributed by atoms with Crippen molar-refractivity contribution in [3.8, 4) is 5.75 Å². The molecule has 1 amide bonds. The quantitative estimate of drug-likeness (QED) is 0.770. The van der Waals surface area contributed by atoms with Gasteiger partial charge in [-0.15, -0.1) is 11.3 Å². The summed E-state index contributed by atoms with van der Waals surface area (Å²) >= 11 is 1.63. The lowest BCUT2D eigenvalue weighted by Gasteiger charge is -2.25. The molecule has 0 atom stereocenters. The van der Waals surface area contributed by atoms with Crippen molar-refractivity contribution >= 4 is 23.3 Å². The summed E-state index contributed by atoms with van der Waals surface area (Å²) in [5.74, 6) is 0.911. The van der Waals surface area contributed by atoms with Gasteiger partial charge >= 0.3 is 0 Å². The monoisotopic (exact) mass is 342 g/mol. The van der Waals surface area contributed by atoms with E-state index in [2.05, 4.69) is 4.98 Å². The molecule has 5 heteroatoms. The van der Waals surface area contributed by atoms with Gasteiger partial charge in [0.25, 0.3) is 0 Å². The Morgan fingerprint density at radius 1 is 1.25 bits per heavy atom. The number of benzene rings is 1. The number of thiazole rings is 1. The van der Waals surface area contributed by atoms with Crippen LogP contribution in [0.25, 0.3) is 6.08 Å². The van der Waals surface area contributed by atoms with Crippen LogP contribution < -0.4 is 4.74 Å². The minimum atomic E-state index is 0.105. The van der Waals surface area contributed by atoms with E-state index < -0.39 is 0 Å². The van der Waals surface area contributed by atoms with E-state index >= 15 is 0 Å². The summed E-state index contributed by atoms with van der Waals surface area (Å²) in [4.78, 5) is 18.4. The van der Waals surface area contributed by atoms with Crippen LogP contribution in [0.1, 0.15) is 35.5 Å². The molecule has 1 fully saturated rings. The number of carbonyl (C=O) groups is 1. The molecule has 24 heavy (non-hydrogen) atoms. The second-order valence-electron chi connectivity index (χ2n) is 5.93. The van der Waals surface area contributed by atoms with Crippen LogP contribution in [0.2, 0.25) is 0 Å². The van der Waals surface area contributed by atoms with Crippen LogP contribution in [0.4, 0.5) is 0 Å². The number of aryl methyl sites for hydroxylation is 1. The largest absolute Gasteiger partial charge is 0.487 e. The third kappa shape index (κ3) is 4.68. The van der Waals surface area contributed by atoms with E-state index in [1.54, 1.807) is 17.4 Å². The second kappa shape index (κ2) is 8.11. The molecule has 0 unspecified atom stereocenters. The van der Waals surface area contributed by atoms with Gasteiger partial charge in [-0.3, -0.25) is 4.79 Å². The summed E-state index contributed by atoms with van der Waals surface area (Å²) in [5, 5.41) is 3.06. The highest BCUT2D eigenvalue weighted by Gasteiger charge is 2.13. The Hall–Kier alpha value is -2.14. The maximum atomic E-state index is 12.1. The van der Waals surface area contributed by atoms with Gasteiger partial charge in [0.2, 0.25) is 5.91 Å². The van der Waals surface area contributed by atoms with Crippen molar-refractivity contribution in [2.75, 3.05) is 13.1 Å². The SMILES string of the molecule is Cc1nc(COc2ccc(C=CC(=O)N3CCCCC3)cc2)cs1. The molecule has 0 saturated carbocycles. The third-order valence-electron chi connectivity index (χ3n) is 4.02. The molecule has 1 aliphatic rings. The fraction of sp³-hybridized carbons (Fsp3) is 0.368. The number of aromatic nitrogens is 1. The summed E-state index contributed by atoms with van der Waals surface area (Å²) in [5.41, 5.74) is 1.95. The second-order valence-corrected chi connectivity index (χ2v) is 7.00. The van der Waals surface area contributed by atoms with Crippen molar-refractivity contribution in [1.82, 2.24) is 9.88 Å². The molecule has 1 saturated heterocycles. The number of carbonyl (C=O) groups excluding carboxylic acids is 1. The standard InChI is InChI=1S/C19H22N2O2S/c1-15-20-17(14-24-15)13-23-18-8-5-16(6-9-18)7-10-19(22)21-11-3-2-4-12-21/h5-10,14H,2-4,11-13H2,1H3. The van der Waals surface area contributed by atoms with Gasteiger partial charge in [-0.05, 0) is 50.0 Å². The van der Waals surface area contributed by atoms with E-state index in [0.29, 0.717) is 6.61 Å². The van der Waals surface area contributed by atoms with E-state index in [9.17, 15) is 4.79 Å². The van der Waals surface area contributed by atoms with Gasteiger partial charge in [-0.2, -0.15) is 0 Å². The Morgan fingerprint density at radius 3 is 2.67 bits per heavy atom. The summed E-state index contributed by atoms with van der Waals surface area (Å²) < 4.78 is 5.73. The normalized spacial score (nSPS) is 15.0. The molecule has 3 rings (SSSR count). The van der Waals surface area contributed by atoms with Crippen molar-refractivity contribution in [3.63, 3.8) is 0 Å². The maximum absolute atomic E-state index is 12.1. The molecule has 0 N–H and O–H groups in total. The maximum Gasteiger partial charge on any atom is 0.246 e. The number of hydrogen-bond acceptors (Lipinski definition) is 4. The molecule has 4 nitrogen and oxygen atoms in total. The zero-order valence-electron chi connectivity index (χ0n) is 13.9. The van der Waals surface area contributed by atoms with Crippen molar-refractivity contribution in [1.29, 1.82) is 0 Å². The Labute approximate surface area is 146 Å².